The molecule has 6 heteroatoms. The molecule has 0 amide bonds. The number of nitrogens with zero attached hydrogens (tertiary/aromatic N) is 1. The maximum absolute atomic E-state index is 13.1. The van der Waals surface area contributed by atoms with Crippen LogP contribution in [0.3, 0.4) is 0 Å². The molecule has 100 valence electrons. The molecule has 0 saturated heterocycles. The first-order chi connectivity index (χ1) is 9.04. The van der Waals surface area contributed by atoms with Crippen LogP contribution in [-0.2, 0) is 6.42 Å². The first-order valence-corrected chi connectivity index (χ1v) is 6.51. The maximum atomic E-state index is 13.1. The quantitative estimate of drug-likeness (QED) is 0.925. The molecule has 19 heavy (non-hydrogen) atoms. The molecule has 0 spiro atoms. The van der Waals surface area contributed by atoms with Gasteiger partial charge < -0.3 is 9.63 Å². The lowest BCUT2D eigenvalue weighted by atomic mass is 10.0. The maximum Gasteiger partial charge on any atom is 0.341 e. The van der Waals surface area contributed by atoms with Crippen LogP contribution in [0.25, 0.3) is 11.3 Å². The molecule has 2 aromatic rings. The van der Waals surface area contributed by atoms with Gasteiger partial charge in [-0.15, -0.1) is 0 Å². The number of aryl methyl sites for hydroxylation is 1. The van der Waals surface area contributed by atoms with Crippen molar-refractivity contribution in [1.29, 1.82) is 0 Å². The van der Waals surface area contributed by atoms with Crippen molar-refractivity contribution in [3.05, 3.63) is 39.8 Å². The molecule has 0 unspecified atom stereocenters. The summed E-state index contributed by atoms with van der Waals surface area (Å²) in [5, 5.41) is 13.1. The molecular weight excluding hydrogens is 317 g/mol. The number of hydrogen-bond acceptors (Lipinski definition) is 3. The Morgan fingerprint density at radius 1 is 1.53 bits per heavy atom. The topological polar surface area (TPSA) is 63.3 Å². The van der Waals surface area contributed by atoms with Crippen molar-refractivity contribution in [3.63, 3.8) is 0 Å². The number of aromatic nitrogens is 1. The van der Waals surface area contributed by atoms with E-state index in [9.17, 15) is 14.3 Å². The lowest BCUT2D eigenvalue weighted by Gasteiger charge is -2.02. The molecule has 0 aliphatic rings. The lowest BCUT2D eigenvalue weighted by Crippen LogP contribution is -2.01. The Morgan fingerprint density at radius 2 is 2.26 bits per heavy atom. The zero-order valence-corrected chi connectivity index (χ0v) is 11.7. The normalized spacial score (nSPS) is 10.7. The minimum absolute atomic E-state index is 0.0363. The summed E-state index contributed by atoms with van der Waals surface area (Å²) >= 11 is 3.20. The van der Waals surface area contributed by atoms with E-state index in [1.54, 1.807) is 0 Å². The third kappa shape index (κ3) is 2.68. The van der Waals surface area contributed by atoms with Crippen LogP contribution in [0.5, 0.6) is 0 Å². The summed E-state index contributed by atoms with van der Waals surface area (Å²) in [6, 6.07) is 3.98. The van der Waals surface area contributed by atoms with Crippen molar-refractivity contribution in [3.8, 4) is 11.3 Å². The zero-order valence-electron chi connectivity index (χ0n) is 10.1. The lowest BCUT2D eigenvalue weighted by molar-refractivity contribution is 0.0695. The number of benzene rings is 1. The second kappa shape index (κ2) is 5.52. The van der Waals surface area contributed by atoms with Gasteiger partial charge in [-0.05, 0) is 40.5 Å². The van der Waals surface area contributed by atoms with E-state index in [1.165, 1.54) is 18.2 Å². The van der Waals surface area contributed by atoms with Crippen LogP contribution < -0.4 is 0 Å². The summed E-state index contributed by atoms with van der Waals surface area (Å²) in [4.78, 5) is 11.3. The highest BCUT2D eigenvalue weighted by atomic mass is 79.9. The first-order valence-electron chi connectivity index (χ1n) is 5.71. The first kappa shape index (κ1) is 13.7. The molecular formula is C13H11BrFNO3. The van der Waals surface area contributed by atoms with Gasteiger partial charge in [-0.2, -0.15) is 0 Å². The molecule has 0 atom stereocenters. The van der Waals surface area contributed by atoms with Gasteiger partial charge in [-0.1, -0.05) is 12.1 Å². The van der Waals surface area contributed by atoms with E-state index >= 15 is 0 Å². The van der Waals surface area contributed by atoms with Crippen LogP contribution in [0.2, 0.25) is 0 Å². The van der Waals surface area contributed by atoms with Gasteiger partial charge in [0.05, 0.1) is 0 Å². The van der Waals surface area contributed by atoms with E-state index in [1.807, 2.05) is 6.92 Å². The highest BCUT2D eigenvalue weighted by Gasteiger charge is 2.24. The standard InChI is InChI=1S/C13H11BrFNO3/c1-2-3-10-11(13(17)18)12(16-19-10)8-5-4-7(15)6-9(8)14/h4-6H,2-3H2,1H3,(H,17,18). The van der Waals surface area contributed by atoms with E-state index in [-0.39, 0.29) is 11.3 Å². The number of aromatic carboxylic acids is 1. The van der Waals surface area contributed by atoms with Crippen molar-refractivity contribution in [2.45, 2.75) is 19.8 Å². The van der Waals surface area contributed by atoms with E-state index in [2.05, 4.69) is 21.1 Å². The Balaban J connectivity index is 2.58. The van der Waals surface area contributed by atoms with Gasteiger partial charge in [0.1, 0.15) is 17.1 Å². The molecule has 0 radical (unpaired) electrons. The molecule has 0 aliphatic heterocycles. The Morgan fingerprint density at radius 3 is 2.84 bits per heavy atom. The number of carbonyl (C=O) groups is 1. The van der Waals surface area contributed by atoms with Gasteiger partial charge in [0.2, 0.25) is 0 Å². The smallest absolute Gasteiger partial charge is 0.341 e. The predicted molar refractivity (Wildman–Crippen MR) is 70.6 cm³/mol. The Bertz CT molecular complexity index is 624. The van der Waals surface area contributed by atoms with Gasteiger partial charge in [0, 0.05) is 16.5 Å². The molecule has 0 aliphatic carbocycles. The van der Waals surface area contributed by atoms with Crippen molar-refractivity contribution in [1.82, 2.24) is 5.16 Å². The number of rotatable bonds is 4. The Kier molecular flexibility index (Phi) is 3.99. The van der Waals surface area contributed by atoms with Crippen molar-refractivity contribution in [2.75, 3.05) is 0 Å². The molecule has 1 aromatic heterocycles. The Hall–Kier alpha value is -1.69. The summed E-state index contributed by atoms with van der Waals surface area (Å²) in [7, 11) is 0. The summed E-state index contributed by atoms with van der Waals surface area (Å²) in [6.45, 7) is 1.92. The molecule has 1 aromatic carbocycles. The van der Waals surface area contributed by atoms with Gasteiger partial charge in [0.15, 0.2) is 5.76 Å². The van der Waals surface area contributed by atoms with Gasteiger partial charge >= 0.3 is 5.97 Å². The van der Waals surface area contributed by atoms with Crippen LogP contribution in [0.4, 0.5) is 4.39 Å². The van der Waals surface area contributed by atoms with Gasteiger partial charge in [0.25, 0.3) is 0 Å². The molecule has 0 saturated carbocycles. The van der Waals surface area contributed by atoms with Crippen LogP contribution in [0.1, 0.15) is 29.5 Å². The minimum atomic E-state index is -1.10. The fourth-order valence-electron chi connectivity index (χ4n) is 1.81. The highest BCUT2D eigenvalue weighted by Crippen LogP contribution is 2.32. The zero-order chi connectivity index (χ0) is 14.0. The second-order valence-electron chi connectivity index (χ2n) is 4.01. The summed E-state index contributed by atoms with van der Waals surface area (Å²) in [5.74, 6) is -1.18. The monoisotopic (exact) mass is 327 g/mol. The van der Waals surface area contributed by atoms with Crippen molar-refractivity contribution in [2.24, 2.45) is 0 Å². The number of hydrogen-bond donors (Lipinski definition) is 1. The largest absolute Gasteiger partial charge is 0.477 e. The van der Waals surface area contributed by atoms with Crippen molar-refractivity contribution >= 4 is 21.9 Å². The van der Waals surface area contributed by atoms with E-state index in [0.717, 1.165) is 6.42 Å². The average molecular weight is 328 g/mol. The molecule has 0 bridgehead atoms. The molecule has 0 fully saturated rings. The molecule has 1 heterocycles. The van der Waals surface area contributed by atoms with E-state index in [0.29, 0.717) is 22.2 Å². The van der Waals surface area contributed by atoms with Crippen LogP contribution >= 0.6 is 15.9 Å². The summed E-state index contributed by atoms with van der Waals surface area (Å²) in [6.07, 6.45) is 1.24. The average Bonchev–Trinajstić information content (AvgIpc) is 2.73. The molecule has 4 nitrogen and oxygen atoms in total. The van der Waals surface area contributed by atoms with Crippen LogP contribution in [0.15, 0.2) is 27.2 Å². The minimum Gasteiger partial charge on any atom is -0.477 e. The number of carboxylic acid groups (broad SMARTS) is 1. The number of carboxylic acids is 1. The van der Waals surface area contributed by atoms with Gasteiger partial charge in [-0.25, -0.2) is 9.18 Å². The summed E-state index contributed by atoms with van der Waals surface area (Å²) < 4.78 is 18.6. The van der Waals surface area contributed by atoms with Crippen LogP contribution in [0, 0.1) is 5.82 Å². The fourth-order valence-corrected chi connectivity index (χ4v) is 2.35. The highest BCUT2D eigenvalue weighted by molar-refractivity contribution is 9.10. The third-order valence-corrected chi connectivity index (χ3v) is 3.30. The second-order valence-corrected chi connectivity index (χ2v) is 4.86. The molecule has 1 N–H and O–H groups in total. The fraction of sp³-hybridized carbons (Fsp3) is 0.231. The van der Waals surface area contributed by atoms with Crippen LogP contribution in [-0.4, -0.2) is 16.2 Å². The number of halogens is 2. The van der Waals surface area contributed by atoms with Gasteiger partial charge in [-0.3, -0.25) is 0 Å². The summed E-state index contributed by atoms with van der Waals surface area (Å²) in [5.41, 5.74) is 0.738. The van der Waals surface area contributed by atoms with E-state index in [4.69, 9.17) is 4.52 Å². The SMILES string of the molecule is CCCc1onc(-c2ccc(F)cc2Br)c1C(=O)O. The third-order valence-electron chi connectivity index (χ3n) is 2.64. The predicted octanol–water partition coefficient (Wildman–Crippen LogP) is 3.89. The van der Waals surface area contributed by atoms with Crippen molar-refractivity contribution < 1.29 is 18.8 Å². The van der Waals surface area contributed by atoms with E-state index < -0.39 is 11.8 Å². The molecule has 2 rings (SSSR count). The Labute approximate surface area is 117 Å².